The Morgan fingerprint density at radius 2 is 1.69 bits per heavy atom. The molecule has 1 heterocycles. The van der Waals surface area contributed by atoms with Crippen LogP contribution in [-0.2, 0) is 14.9 Å². The Balaban J connectivity index is 1.41. The van der Waals surface area contributed by atoms with Crippen LogP contribution >= 0.6 is 0 Å². The van der Waals surface area contributed by atoms with E-state index in [1.807, 2.05) is 30.3 Å². The van der Waals surface area contributed by atoms with Gasteiger partial charge in [-0.05, 0) is 36.6 Å². The van der Waals surface area contributed by atoms with Crippen molar-refractivity contribution in [1.82, 2.24) is 0 Å². The van der Waals surface area contributed by atoms with Gasteiger partial charge in [0.15, 0.2) is 23.9 Å². The van der Waals surface area contributed by atoms with Crippen molar-refractivity contribution in [2.24, 2.45) is 0 Å². The van der Waals surface area contributed by atoms with Crippen molar-refractivity contribution in [2.75, 3.05) is 19.8 Å². The molecule has 1 aliphatic heterocycles. The summed E-state index contributed by atoms with van der Waals surface area (Å²) < 4.78 is 16.5. The Kier molecular flexibility index (Phi) is 4.37. The molecule has 1 saturated carbocycles. The highest BCUT2D eigenvalue weighted by atomic mass is 16.5. The number of benzene rings is 2. The maximum absolute atomic E-state index is 12.5. The number of ketones is 1. The molecule has 2 aromatic carbocycles. The maximum atomic E-state index is 12.5. The van der Waals surface area contributed by atoms with E-state index < -0.39 is 5.41 Å². The fourth-order valence-corrected chi connectivity index (χ4v) is 3.18. The number of Topliss-reactive ketones (excluding diaryl/α,β-unsaturated/α-hetero) is 1. The topological polar surface area (TPSA) is 61.8 Å². The van der Waals surface area contributed by atoms with Gasteiger partial charge in [-0.3, -0.25) is 9.59 Å². The van der Waals surface area contributed by atoms with Crippen LogP contribution in [0.25, 0.3) is 0 Å². The van der Waals surface area contributed by atoms with Gasteiger partial charge in [0.05, 0.1) is 18.6 Å². The lowest BCUT2D eigenvalue weighted by Crippen LogP contribution is -2.25. The Morgan fingerprint density at radius 1 is 0.962 bits per heavy atom. The van der Waals surface area contributed by atoms with Gasteiger partial charge in [0.1, 0.15) is 0 Å². The molecule has 2 aromatic rings. The SMILES string of the molecule is O=C(COC(=O)C1(c2ccccc2)CC1)c1ccc2c(c1)OCCCO2. The monoisotopic (exact) mass is 352 g/mol. The van der Waals surface area contributed by atoms with Gasteiger partial charge < -0.3 is 14.2 Å². The first-order chi connectivity index (χ1) is 12.7. The quantitative estimate of drug-likeness (QED) is 0.610. The minimum Gasteiger partial charge on any atom is -0.490 e. The van der Waals surface area contributed by atoms with Crippen LogP contribution in [0, 0.1) is 0 Å². The third kappa shape index (κ3) is 3.17. The molecule has 5 heteroatoms. The lowest BCUT2D eigenvalue weighted by atomic mass is 9.96. The van der Waals surface area contributed by atoms with Gasteiger partial charge in [0.2, 0.25) is 0 Å². The zero-order valence-electron chi connectivity index (χ0n) is 14.4. The lowest BCUT2D eigenvalue weighted by Gasteiger charge is -2.14. The summed E-state index contributed by atoms with van der Waals surface area (Å²) in [6.07, 6.45) is 2.32. The van der Waals surface area contributed by atoms with Crippen molar-refractivity contribution >= 4 is 11.8 Å². The number of esters is 1. The summed E-state index contributed by atoms with van der Waals surface area (Å²) in [4.78, 5) is 25.0. The highest BCUT2D eigenvalue weighted by Crippen LogP contribution is 2.49. The molecule has 2 aliphatic rings. The van der Waals surface area contributed by atoms with Crippen LogP contribution in [-0.4, -0.2) is 31.6 Å². The van der Waals surface area contributed by atoms with Crippen molar-refractivity contribution in [3.63, 3.8) is 0 Å². The van der Waals surface area contributed by atoms with E-state index >= 15 is 0 Å². The first kappa shape index (κ1) is 16.6. The summed E-state index contributed by atoms with van der Waals surface area (Å²) in [6, 6.07) is 14.6. The fourth-order valence-electron chi connectivity index (χ4n) is 3.18. The highest BCUT2D eigenvalue weighted by molar-refractivity contribution is 5.99. The number of rotatable bonds is 5. The second-order valence-electron chi connectivity index (χ2n) is 6.66. The zero-order valence-corrected chi connectivity index (χ0v) is 14.4. The number of carbonyl (C=O) groups is 2. The number of carbonyl (C=O) groups excluding carboxylic acids is 2. The molecule has 0 N–H and O–H groups in total. The van der Waals surface area contributed by atoms with Crippen LogP contribution < -0.4 is 9.47 Å². The van der Waals surface area contributed by atoms with Crippen molar-refractivity contribution < 1.29 is 23.8 Å². The summed E-state index contributed by atoms with van der Waals surface area (Å²) >= 11 is 0. The Hall–Kier alpha value is -2.82. The van der Waals surface area contributed by atoms with Crippen LogP contribution in [0.2, 0.25) is 0 Å². The van der Waals surface area contributed by atoms with Crippen molar-refractivity contribution in [3.8, 4) is 11.5 Å². The molecule has 26 heavy (non-hydrogen) atoms. The van der Waals surface area contributed by atoms with Crippen LogP contribution in [0.15, 0.2) is 48.5 Å². The summed E-state index contributed by atoms with van der Waals surface area (Å²) in [5, 5.41) is 0. The maximum Gasteiger partial charge on any atom is 0.317 e. The van der Waals surface area contributed by atoms with E-state index in [0.29, 0.717) is 30.3 Å². The average molecular weight is 352 g/mol. The molecule has 4 rings (SSSR count). The van der Waals surface area contributed by atoms with Gasteiger partial charge in [-0.15, -0.1) is 0 Å². The zero-order chi connectivity index (χ0) is 18.0. The third-order valence-corrected chi connectivity index (χ3v) is 4.87. The summed E-state index contributed by atoms with van der Waals surface area (Å²) in [6.45, 7) is 0.881. The molecule has 0 spiro atoms. The number of hydrogen-bond donors (Lipinski definition) is 0. The van der Waals surface area contributed by atoms with E-state index in [9.17, 15) is 9.59 Å². The van der Waals surface area contributed by atoms with Gasteiger partial charge in [-0.1, -0.05) is 30.3 Å². The molecule has 1 fully saturated rings. The first-order valence-corrected chi connectivity index (χ1v) is 8.85. The Labute approximate surface area is 151 Å². The Morgan fingerprint density at radius 3 is 2.42 bits per heavy atom. The molecular weight excluding hydrogens is 332 g/mol. The van der Waals surface area contributed by atoms with Crippen LogP contribution in [0.5, 0.6) is 11.5 Å². The smallest absolute Gasteiger partial charge is 0.317 e. The van der Waals surface area contributed by atoms with E-state index in [0.717, 1.165) is 24.8 Å². The summed E-state index contributed by atoms with van der Waals surface area (Å²) in [5.74, 6) is 0.615. The van der Waals surface area contributed by atoms with Gasteiger partial charge >= 0.3 is 5.97 Å². The van der Waals surface area contributed by atoms with Gasteiger partial charge in [-0.25, -0.2) is 0 Å². The normalized spacial score (nSPS) is 17.1. The highest BCUT2D eigenvalue weighted by Gasteiger charge is 2.52. The van der Waals surface area contributed by atoms with E-state index in [1.54, 1.807) is 18.2 Å². The van der Waals surface area contributed by atoms with Gasteiger partial charge in [-0.2, -0.15) is 0 Å². The summed E-state index contributed by atoms with van der Waals surface area (Å²) in [5.41, 5.74) is 0.825. The molecule has 134 valence electrons. The lowest BCUT2D eigenvalue weighted by molar-refractivity contribution is -0.145. The van der Waals surface area contributed by atoms with Crippen LogP contribution in [0.3, 0.4) is 0 Å². The third-order valence-electron chi connectivity index (χ3n) is 4.87. The van der Waals surface area contributed by atoms with Gasteiger partial charge in [0, 0.05) is 12.0 Å². The average Bonchev–Trinajstić information content (AvgIpc) is 3.50. The molecule has 0 amide bonds. The predicted molar refractivity (Wildman–Crippen MR) is 94.7 cm³/mol. The largest absolute Gasteiger partial charge is 0.490 e. The van der Waals surface area contributed by atoms with E-state index in [1.165, 1.54) is 0 Å². The molecule has 5 nitrogen and oxygen atoms in total. The predicted octanol–water partition coefficient (Wildman–Crippen LogP) is 3.31. The van der Waals surface area contributed by atoms with Gasteiger partial charge in [0.25, 0.3) is 0 Å². The van der Waals surface area contributed by atoms with Crippen molar-refractivity contribution in [2.45, 2.75) is 24.7 Å². The molecule has 0 aromatic heterocycles. The second kappa shape index (κ2) is 6.83. The number of ether oxygens (including phenoxy) is 3. The number of fused-ring (bicyclic) bond motifs is 1. The summed E-state index contributed by atoms with van der Waals surface area (Å²) in [7, 11) is 0. The molecular formula is C21H20O5. The fraction of sp³-hybridized carbons (Fsp3) is 0.333. The molecule has 0 radical (unpaired) electrons. The molecule has 0 bridgehead atoms. The molecule has 0 unspecified atom stereocenters. The second-order valence-corrected chi connectivity index (χ2v) is 6.66. The van der Waals surface area contributed by atoms with Crippen LogP contribution in [0.1, 0.15) is 35.2 Å². The van der Waals surface area contributed by atoms with Crippen LogP contribution in [0.4, 0.5) is 0 Å². The minimum atomic E-state index is -0.577. The number of hydrogen-bond acceptors (Lipinski definition) is 5. The van der Waals surface area contributed by atoms with E-state index in [-0.39, 0.29) is 18.4 Å². The molecule has 1 aliphatic carbocycles. The van der Waals surface area contributed by atoms with Crippen molar-refractivity contribution in [1.29, 1.82) is 0 Å². The van der Waals surface area contributed by atoms with Crippen molar-refractivity contribution in [3.05, 3.63) is 59.7 Å². The van der Waals surface area contributed by atoms with E-state index in [4.69, 9.17) is 14.2 Å². The minimum absolute atomic E-state index is 0.252. The molecule has 0 atom stereocenters. The standard InChI is InChI=1S/C21H20O5/c22-17(15-7-8-18-19(13-15)25-12-4-11-24-18)14-26-20(23)21(9-10-21)16-5-2-1-3-6-16/h1-3,5-8,13H,4,9-12,14H2. The Bertz CT molecular complexity index is 824. The first-order valence-electron chi connectivity index (χ1n) is 8.85. The van der Waals surface area contributed by atoms with E-state index in [2.05, 4.69) is 0 Å². The molecule has 0 saturated heterocycles.